The van der Waals surface area contributed by atoms with Crippen LogP contribution in [0.15, 0.2) is 95.9 Å². The monoisotopic (exact) mass is 745 g/mol. The third kappa shape index (κ3) is 9.39. The topological polar surface area (TPSA) is 105 Å². The van der Waals surface area contributed by atoms with E-state index in [1.807, 2.05) is 44.2 Å². The fourth-order valence-corrected chi connectivity index (χ4v) is 7.16. The number of halogens is 3. The van der Waals surface area contributed by atoms with Crippen molar-refractivity contribution in [3.05, 3.63) is 117 Å². The van der Waals surface area contributed by atoms with Gasteiger partial charge in [0.05, 0.1) is 24.8 Å². The maximum absolute atomic E-state index is 14.7. The zero-order valence-corrected chi connectivity index (χ0v) is 30.6. The number of anilines is 1. The lowest BCUT2D eigenvalue weighted by Crippen LogP contribution is -2.54. The summed E-state index contributed by atoms with van der Waals surface area (Å²) < 4.78 is 40.4. The van der Waals surface area contributed by atoms with Gasteiger partial charge in [-0.2, -0.15) is 0 Å². The second-order valence-electron chi connectivity index (χ2n) is 11.3. The van der Waals surface area contributed by atoms with E-state index in [9.17, 15) is 18.0 Å². The van der Waals surface area contributed by atoms with Gasteiger partial charge in [0.15, 0.2) is 11.5 Å². The Balaban J connectivity index is 1.86. The van der Waals surface area contributed by atoms with Gasteiger partial charge in [0.25, 0.3) is 10.0 Å². The van der Waals surface area contributed by atoms with Crippen molar-refractivity contribution in [3.63, 3.8) is 0 Å². The van der Waals surface area contributed by atoms with E-state index in [0.29, 0.717) is 32.8 Å². The van der Waals surface area contributed by atoms with Gasteiger partial charge in [0.2, 0.25) is 11.8 Å². The van der Waals surface area contributed by atoms with Crippen LogP contribution >= 0.6 is 34.8 Å². The van der Waals surface area contributed by atoms with Crippen LogP contribution in [-0.4, -0.2) is 58.0 Å². The molecular weight excluding hydrogens is 709 g/mol. The number of carbonyl (C=O) groups is 2. The summed E-state index contributed by atoms with van der Waals surface area (Å²) in [4.78, 5) is 29.9. The highest BCUT2D eigenvalue weighted by Crippen LogP contribution is 2.33. The van der Waals surface area contributed by atoms with Gasteiger partial charge in [-0.25, -0.2) is 8.42 Å². The van der Waals surface area contributed by atoms with E-state index < -0.39 is 34.4 Å². The molecule has 0 aliphatic rings. The van der Waals surface area contributed by atoms with Gasteiger partial charge < -0.3 is 19.7 Å². The number of sulfonamides is 1. The highest BCUT2D eigenvalue weighted by Gasteiger charge is 2.36. The van der Waals surface area contributed by atoms with Crippen LogP contribution in [-0.2, 0) is 32.6 Å². The minimum atomic E-state index is -4.42. The molecule has 0 spiro atoms. The van der Waals surface area contributed by atoms with Crippen molar-refractivity contribution in [1.82, 2.24) is 10.2 Å². The number of benzene rings is 4. The minimum Gasteiger partial charge on any atom is -0.493 e. The molecule has 0 fully saturated rings. The molecule has 0 bridgehead atoms. The van der Waals surface area contributed by atoms with Crippen LogP contribution in [0.4, 0.5) is 5.69 Å². The molecule has 4 aromatic rings. The maximum atomic E-state index is 14.7. The second kappa shape index (κ2) is 17.1. The fourth-order valence-electron chi connectivity index (χ4n) is 5.09. The Morgan fingerprint density at radius 1 is 0.837 bits per heavy atom. The van der Waals surface area contributed by atoms with Crippen LogP contribution in [0.1, 0.15) is 31.4 Å². The van der Waals surface area contributed by atoms with E-state index in [0.717, 1.165) is 9.87 Å². The molecule has 2 atom stereocenters. The molecule has 4 rings (SSSR count). The number of carbonyl (C=O) groups excluding carboxylic acids is 2. The van der Waals surface area contributed by atoms with Crippen LogP contribution < -0.4 is 19.1 Å². The third-order valence-electron chi connectivity index (χ3n) is 8.00. The fraction of sp³-hybridized carbons (Fsp3) is 0.278. The van der Waals surface area contributed by atoms with E-state index in [-0.39, 0.29) is 35.3 Å². The summed E-state index contributed by atoms with van der Waals surface area (Å²) in [5.74, 6) is -0.564. The molecule has 0 saturated heterocycles. The Labute approximate surface area is 302 Å². The average Bonchev–Trinajstić information content (AvgIpc) is 3.10. The summed E-state index contributed by atoms with van der Waals surface area (Å²) in [6.07, 6.45) is 0.794. The molecule has 0 heterocycles. The van der Waals surface area contributed by atoms with Crippen molar-refractivity contribution in [3.8, 4) is 11.5 Å². The molecule has 13 heteroatoms. The molecule has 0 radical (unpaired) electrons. The summed E-state index contributed by atoms with van der Waals surface area (Å²) in [6, 6.07) is 23.1. The highest BCUT2D eigenvalue weighted by molar-refractivity contribution is 7.92. The van der Waals surface area contributed by atoms with E-state index in [2.05, 4.69) is 5.32 Å². The third-order valence-corrected chi connectivity index (χ3v) is 10.7. The molecule has 9 nitrogen and oxygen atoms in total. The van der Waals surface area contributed by atoms with E-state index in [1.165, 1.54) is 61.6 Å². The number of methoxy groups -OCH3 is 2. The molecule has 49 heavy (non-hydrogen) atoms. The summed E-state index contributed by atoms with van der Waals surface area (Å²) in [7, 11) is -1.58. The summed E-state index contributed by atoms with van der Waals surface area (Å²) >= 11 is 19.3. The van der Waals surface area contributed by atoms with Crippen molar-refractivity contribution in [1.29, 1.82) is 0 Å². The first-order valence-corrected chi connectivity index (χ1v) is 18.0. The molecule has 0 unspecified atom stereocenters. The lowest BCUT2D eigenvalue weighted by molar-refractivity contribution is -0.140. The van der Waals surface area contributed by atoms with Gasteiger partial charge in [-0.05, 0) is 67.4 Å². The maximum Gasteiger partial charge on any atom is 0.264 e. The molecule has 2 amide bonds. The number of amides is 2. The lowest BCUT2D eigenvalue weighted by atomic mass is 10.0. The van der Waals surface area contributed by atoms with Crippen molar-refractivity contribution in [2.75, 3.05) is 25.1 Å². The van der Waals surface area contributed by atoms with Crippen molar-refractivity contribution < 1.29 is 27.5 Å². The Morgan fingerprint density at radius 3 is 2.06 bits per heavy atom. The van der Waals surface area contributed by atoms with Gasteiger partial charge in [0.1, 0.15) is 12.6 Å². The number of hydrogen-bond acceptors (Lipinski definition) is 6. The Morgan fingerprint density at radius 2 is 1.47 bits per heavy atom. The van der Waals surface area contributed by atoms with Crippen LogP contribution in [0.3, 0.4) is 0 Å². The Bertz CT molecular complexity index is 1840. The van der Waals surface area contributed by atoms with Gasteiger partial charge in [-0.15, -0.1) is 0 Å². The van der Waals surface area contributed by atoms with Crippen LogP contribution in [0.5, 0.6) is 11.5 Å². The largest absolute Gasteiger partial charge is 0.493 e. The Hall–Kier alpha value is -3.96. The zero-order chi connectivity index (χ0) is 35.7. The normalized spacial score (nSPS) is 12.5. The molecule has 4 aromatic carbocycles. The standard InChI is InChI=1S/C36H38Cl3N3O6S/c1-5-24(2)40-36(44)32(20-25-10-7-6-8-11-25)41(22-29-30(38)12-9-13-31(29)39)35(43)23-42(27-16-14-26(37)15-17-27)49(45,46)28-18-19-33(47-3)34(21-28)48-4/h6-19,21,24,32H,5,20,22-23H2,1-4H3,(H,40,44)/t24-,32-/m0/s1. The first-order chi connectivity index (χ1) is 23.4. The average molecular weight is 747 g/mol. The second-order valence-corrected chi connectivity index (χ2v) is 14.4. The quantitative estimate of drug-likeness (QED) is 0.136. The van der Waals surface area contributed by atoms with Gasteiger partial charge in [-0.3, -0.25) is 13.9 Å². The van der Waals surface area contributed by atoms with Gasteiger partial charge >= 0.3 is 0 Å². The molecule has 1 N–H and O–H groups in total. The molecular formula is C36H38Cl3N3O6S. The number of nitrogens with zero attached hydrogens (tertiary/aromatic N) is 2. The number of rotatable bonds is 15. The smallest absolute Gasteiger partial charge is 0.264 e. The van der Waals surface area contributed by atoms with Crippen LogP contribution in [0.2, 0.25) is 15.1 Å². The lowest BCUT2D eigenvalue weighted by Gasteiger charge is -2.34. The van der Waals surface area contributed by atoms with Crippen LogP contribution in [0, 0.1) is 0 Å². The molecule has 260 valence electrons. The molecule has 0 aliphatic carbocycles. The first-order valence-electron chi connectivity index (χ1n) is 15.5. The van der Waals surface area contributed by atoms with E-state index in [1.54, 1.807) is 18.2 Å². The highest BCUT2D eigenvalue weighted by atomic mass is 35.5. The SMILES string of the molecule is CC[C@H](C)NC(=O)[C@H](Cc1ccccc1)N(Cc1c(Cl)cccc1Cl)C(=O)CN(c1ccc(Cl)cc1)S(=O)(=O)c1ccc(OC)c(OC)c1. The van der Waals surface area contributed by atoms with Crippen molar-refractivity contribution >= 4 is 62.3 Å². The summed E-state index contributed by atoms with van der Waals surface area (Å²) in [6.45, 7) is 2.95. The Kier molecular flexibility index (Phi) is 13.2. The minimum absolute atomic E-state index is 0.139. The first kappa shape index (κ1) is 37.9. The van der Waals surface area contributed by atoms with Gasteiger partial charge in [-0.1, -0.05) is 78.1 Å². The van der Waals surface area contributed by atoms with E-state index in [4.69, 9.17) is 44.3 Å². The number of hydrogen-bond donors (Lipinski definition) is 1. The van der Waals surface area contributed by atoms with Crippen LogP contribution in [0.25, 0.3) is 0 Å². The molecule has 0 aromatic heterocycles. The number of nitrogens with one attached hydrogen (secondary N) is 1. The molecule has 0 aliphatic heterocycles. The molecule has 0 saturated carbocycles. The predicted molar refractivity (Wildman–Crippen MR) is 194 cm³/mol. The van der Waals surface area contributed by atoms with E-state index >= 15 is 0 Å². The summed E-state index contributed by atoms with van der Waals surface area (Å²) in [5, 5.41) is 3.95. The van der Waals surface area contributed by atoms with Crippen molar-refractivity contribution in [2.45, 2.75) is 50.2 Å². The van der Waals surface area contributed by atoms with Gasteiger partial charge in [0, 0.05) is 45.7 Å². The van der Waals surface area contributed by atoms with Crippen molar-refractivity contribution in [2.24, 2.45) is 0 Å². The summed E-state index contributed by atoms with van der Waals surface area (Å²) in [5.41, 5.74) is 1.38. The zero-order valence-electron chi connectivity index (χ0n) is 27.5. The predicted octanol–water partition coefficient (Wildman–Crippen LogP) is 7.41. The number of ether oxygens (including phenoxy) is 2.